The van der Waals surface area contributed by atoms with E-state index in [4.69, 9.17) is 17.3 Å². The average molecular weight is 396 g/mol. The van der Waals surface area contributed by atoms with Crippen LogP contribution < -0.4 is 16.4 Å². The first-order valence-electron chi connectivity index (χ1n) is 9.37. The lowest BCUT2D eigenvalue weighted by Crippen LogP contribution is -2.50. The molecule has 0 saturated carbocycles. The first kappa shape index (κ1) is 21.8. The van der Waals surface area contributed by atoms with E-state index in [1.807, 2.05) is 32.9 Å². The van der Waals surface area contributed by atoms with E-state index >= 15 is 0 Å². The van der Waals surface area contributed by atoms with E-state index in [1.54, 1.807) is 6.07 Å². The zero-order valence-corrected chi connectivity index (χ0v) is 17.0. The first-order chi connectivity index (χ1) is 12.6. The van der Waals surface area contributed by atoms with Crippen LogP contribution in [0.2, 0.25) is 5.02 Å². The zero-order chi connectivity index (χ0) is 20.2. The Morgan fingerprint density at radius 2 is 2.11 bits per heavy atom. The second-order valence-electron chi connectivity index (χ2n) is 8.16. The van der Waals surface area contributed by atoms with Crippen LogP contribution in [0.15, 0.2) is 18.2 Å². The summed E-state index contributed by atoms with van der Waals surface area (Å²) < 4.78 is 0. The van der Waals surface area contributed by atoms with Gasteiger partial charge in [0.2, 0.25) is 5.91 Å². The van der Waals surface area contributed by atoms with Gasteiger partial charge in [-0.25, -0.2) is 0 Å². The number of hydrogen-bond acceptors (Lipinski definition) is 5. The van der Waals surface area contributed by atoms with Crippen molar-refractivity contribution in [1.82, 2.24) is 10.6 Å². The van der Waals surface area contributed by atoms with Crippen LogP contribution in [0.3, 0.4) is 0 Å². The molecule has 1 saturated heterocycles. The fourth-order valence-corrected chi connectivity index (χ4v) is 3.56. The minimum absolute atomic E-state index is 0.376. The Balaban J connectivity index is 1.95. The monoisotopic (exact) mass is 395 g/mol. The first-order valence-corrected chi connectivity index (χ1v) is 9.75. The largest absolute Gasteiger partial charge is 0.383 e. The summed E-state index contributed by atoms with van der Waals surface area (Å²) in [6, 6.07) is 5.17. The molecule has 5 N–H and O–H groups in total. The van der Waals surface area contributed by atoms with Crippen molar-refractivity contribution in [2.75, 3.05) is 6.54 Å². The third-order valence-electron chi connectivity index (χ3n) is 5.33. The second-order valence-corrected chi connectivity index (χ2v) is 8.60. The molecular weight excluding hydrogens is 366 g/mol. The van der Waals surface area contributed by atoms with Crippen LogP contribution in [-0.2, 0) is 22.6 Å². The SMILES string of the molecule is C[C@H]1CN[C@H](C(=O)NC(=O)[C@H](O)C(C)(C)CCc2cc(Cl)ccc2CN)C1. The molecule has 150 valence electrons. The molecule has 0 radical (unpaired) electrons. The minimum atomic E-state index is -1.29. The van der Waals surface area contributed by atoms with Gasteiger partial charge in [-0.15, -0.1) is 0 Å². The number of aliphatic hydroxyl groups is 1. The average Bonchev–Trinajstić information content (AvgIpc) is 3.06. The molecule has 1 aliphatic heterocycles. The second kappa shape index (κ2) is 9.15. The van der Waals surface area contributed by atoms with E-state index in [9.17, 15) is 14.7 Å². The van der Waals surface area contributed by atoms with Crippen molar-refractivity contribution in [3.8, 4) is 0 Å². The van der Waals surface area contributed by atoms with Crippen molar-refractivity contribution in [2.45, 2.75) is 58.7 Å². The molecule has 3 atom stereocenters. The molecule has 0 bridgehead atoms. The molecule has 0 spiro atoms. The van der Waals surface area contributed by atoms with E-state index in [2.05, 4.69) is 10.6 Å². The molecule has 2 rings (SSSR count). The van der Waals surface area contributed by atoms with Crippen molar-refractivity contribution in [1.29, 1.82) is 0 Å². The van der Waals surface area contributed by atoms with E-state index < -0.39 is 17.4 Å². The summed E-state index contributed by atoms with van der Waals surface area (Å²) in [6.07, 6.45) is 0.567. The number of amides is 2. The van der Waals surface area contributed by atoms with E-state index in [0.29, 0.717) is 36.7 Å². The predicted octanol–water partition coefficient (Wildman–Crippen LogP) is 1.76. The number of carbonyl (C=O) groups excluding carboxylic acids is 2. The Labute approximate surface area is 165 Å². The molecule has 0 aliphatic carbocycles. The number of carbonyl (C=O) groups is 2. The lowest BCUT2D eigenvalue weighted by Gasteiger charge is -2.30. The van der Waals surface area contributed by atoms with Crippen molar-refractivity contribution >= 4 is 23.4 Å². The number of halogens is 1. The van der Waals surface area contributed by atoms with Gasteiger partial charge in [-0.05, 0) is 55.0 Å². The van der Waals surface area contributed by atoms with Gasteiger partial charge in [0.25, 0.3) is 5.91 Å². The van der Waals surface area contributed by atoms with Gasteiger partial charge in [-0.1, -0.05) is 38.4 Å². The van der Waals surface area contributed by atoms with Crippen LogP contribution in [0, 0.1) is 11.3 Å². The Morgan fingerprint density at radius 1 is 1.41 bits per heavy atom. The highest BCUT2D eigenvalue weighted by molar-refractivity contribution is 6.30. The van der Waals surface area contributed by atoms with Crippen molar-refractivity contribution in [2.24, 2.45) is 17.1 Å². The van der Waals surface area contributed by atoms with Crippen LogP contribution in [0.5, 0.6) is 0 Å². The summed E-state index contributed by atoms with van der Waals surface area (Å²) in [5.41, 5.74) is 7.06. The van der Waals surface area contributed by atoms with Gasteiger partial charge >= 0.3 is 0 Å². The van der Waals surface area contributed by atoms with E-state index in [1.165, 1.54) is 0 Å². The number of aliphatic hydroxyl groups excluding tert-OH is 1. The highest BCUT2D eigenvalue weighted by Gasteiger charge is 2.36. The fourth-order valence-electron chi connectivity index (χ4n) is 3.36. The van der Waals surface area contributed by atoms with Crippen LogP contribution in [-0.4, -0.2) is 35.6 Å². The lowest BCUT2D eigenvalue weighted by molar-refractivity contribution is -0.141. The molecule has 27 heavy (non-hydrogen) atoms. The molecule has 0 unspecified atom stereocenters. The molecule has 1 aromatic rings. The number of benzene rings is 1. The molecule has 1 aliphatic rings. The summed E-state index contributed by atoms with van der Waals surface area (Å²) in [5.74, 6) is -0.636. The molecule has 1 aromatic carbocycles. The number of nitrogens with two attached hydrogens (primary N) is 1. The predicted molar refractivity (Wildman–Crippen MR) is 106 cm³/mol. The van der Waals surface area contributed by atoms with Gasteiger partial charge in [0.15, 0.2) is 0 Å². The van der Waals surface area contributed by atoms with Gasteiger partial charge in [-0.2, -0.15) is 0 Å². The van der Waals surface area contributed by atoms with Gasteiger partial charge in [0.1, 0.15) is 6.10 Å². The summed E-state index contributed by atoms with van der Waals surface area (Å²) >= 11 is 6.07. The smallest absolute Gasteiger partial charge is 0.255 e. The third-order valence-corrected chi connectivity index (χ3v) is 5.56. The lowest BCUT2D eigenvalue weighted by atomic mass is 9.80. The van der Waals surface area contributed by atoms with Gasteiger partial charge in [0, 0.05) is 17.0 Å². The van der Waals surface area contributed by atoms with Gasteiger partial charge in [0.05, 0.1) is 6.04 Å². The number of hydrogen-bond donors (Lipinski definition) is 4. The highest BCUT2D eigenvalue weighted by Crippen LogP contribution is 2.29. The standard InChI is InChI=1S/C20H30ClN3O3/c1-12-8-16(23-11-12)18(26)24-19(27)17(25)20(2,3)7-6-13-9-15(21)5-4-14(13)10-22/h4-5,9,12,16-17,23,25H,6-8,10-11,22H2,1-3H3,(H,24,26,27)/t12-,16+,17+/m1/s1. The zero-order valence-electron chi connectivity index (χ0n) is 16.2. The highest BCUT2D eigenvalue weighted by atomic mass is 35.5. The van der Waals surface area contributed by atoms with Crippen molar-refractivity contribution < 1.29 is 14.7 Å². The molecule has 0 aromatic heterocycles. The Kier molecular flexibility index (Phi) is 7.40. The van der Waals surface area contributed by atoms with Crippen LogP contribution in [0.1, 0.15) is 44.7 Å². The summed E-state index contributed by atoms with van der Waals surface area (Å²) in [7, 11) is 0. The topological polar surface area (TPSA) is 104 Å². The summed E-state index contributed by atoms with van der Waals surface area (Å²) in [4.78, 5) is 24.6. The Morgan fingerprint density at radius 3 is 2.70 bits per heavy atom. The molecular formula is C20H30ClN3O3. The maximum Gasteiger partial charge on any atom is 0.255 e. The fraction of sp³-hybridized carbons (Fsp3) is 0.600. The summed E-state index contributed by atoms with van der Waals surface area (Å²) in [6.45, 7) is 6.82. The van der Waals surface area contributed by atoms with Gasteiger partial charge in [-0.3, -0.25) is 14.9 Å². The van der Waals surface area contributed by atoms with Gasteiger partial charge < -0.3 is 16.2 Å². The van der Waals surface area contributed by atoms with Crippen molar-refractivity contribution in [3.63, 3.8) is 0 Å². The number of aryl methyl sites for hydroxylation is 1. The number of imide groups is 1. The Hall–Kier alpha value is -1.47. The molecule has 1 fully saturated rings. The number of rotatable bonds is 7. The quantitative estimate of drug-likeness (QED) is 0.563. The summed E-state index contributed by atoms with van der Waals surface area (Å²) in [5, 5.41) is 16.6. The maximum atomic E-state index is 12.4. The van der Waals surface area contributed by atoms with Crippen molar-refractivity contribution in [3.05, 3.63) is 34.3 Å². The molecule has 7 heteroatoms. The maximum absolute atomic E-state index is 12.4. The normalized spacial score (nSPS) is 21.1. The molecule has 2 amide bonds. The van der Waals surface area contributed by atoms with Crippen LogP contribution in [0.25, 0.3) is 0 Å². The minimum Gasteiger partial charge on any atom is -0.383 e. The van der Waals surface area contributed by atoms with Crippen LogP contribution >= 0.6 is 11.6 Å². The van der Waals surface area contributed by atoms with E-state index in [0.717, 1.165) is 17.7 Å². The van der Waals surface area contributed by atoms with E-state index in [-0.39, 0.29) is 11.9 Å². The Bertz CT molecular complexity index is 693. The molecule has 1 heterocycles. The molecule has 6 nitrogen and oxygen atoms in total. The third kappa shape index (κ3) is 5.75. The van der Waals surface area contributed by atoms with Crippen LogP contribution in [0.4, 0.5) is 0 Å². The number of nitrogens with one attached hydrogen (secondary N) is 2.